The van der Waals surface area contributed by atoms with Crippen molar-refractivity contribution in [2.75, 3.05) is 32.1 Å². The van der Waals surface area contributed by atoms with Crippen molar-refractivity contribution < 1.29 is 13.5 Å². The van der Waals surface area contributed by atoms with Crippen LogP contribution in [0.1, 0.15) is 13.3 Å². The van der Waals surface area contributed by atoms with E-state index in [9.17, 15) is 8.42 Å². The SMILES string of the molecule is CCCN(CCO)S(=O)(=O)c1ccccc1NC. The molecule has 2 N–H and O–H groups in total. The third-order valence-corrected chi connectivity index (χ3v) is 4.55. The molecule has 0 atom stereocenters. The van der Waals surface area contributed by atoms with Crippen molar-refractivity contribution in [3.05, 3.63) is 24.3 Å². The van der Waals surface area contributed by atoms with Crippen LogP contribution >= 0.6 is 0 Å². The summed E-state index contributed by atoms with van der Waals surface area (Å²) in [7, 11) is -1.87. The molecule has 0 fully saturated rings. The van der Waals surface area contributed by atoms with Gasteiger partial charge in [-0.2, -0.15) is 4.31 Å². The fourth-order valence-corrected chi connectivity index (χ4v) is 3.47. The van der Waals surface area contributed by atoms with Crippen LogP contribution in [0.4, 0.5) is 5.69 Å². The minimum atomic E-state index is -3.56. The van der Waals surface area contributed by atoms with E-state index < -0.39 is 10.0 Å². The number of nitrogens with one attached hydrogen (secondary N) is 1. The fraction of sp³-hybridized carbons (Fsp3) is 0.500. The van der Waals surface area contributed by atoms with Crippen molar-refractivity contribution in [1.29, 1.82) is 0 Å². The number of hydrogen-bond donors (Lipinski definition) is 2. The maximum atomic E-state index is 12.5. The van der Waals surface area contributed by atoms with Gasteiger partial charge in [0.1, 0.15) is 4.90 Å². The molecule has 0 spiro atoms. The maximum Gasteiger partial charge on any atom is 0.245 e. The van der Waals surface area contributed by atoms with Gasteiger partial charge in [-0.05, 0) is 18.6 Å². The minimum Gasteiger partial charge on any atom is -0.395 e. The number of nitrogens with zero attached hydrogens (tertiary/aromatic N) is 1. The van der Waals surface area contributed by atoms with Crippen molar-refractivity contribution in [3.8, 4) is 0 Å². The van der Waals surface area contributed by atoms with Gasteiger partial charge in [-0.15, -0.1) is 0 Å². The Kier molecular flexibility index (Phi) is 5.58. The molecule has 0 amide bonds. The summed E-state index contributed by atoms with van der Waals surface area (Å²) in [6.07, 6.45) is 0.709. The summed E-state index contributed by atoms with van der Waals surface area (Å²) in [5.41, 5.74) is 0.566. The zero-order valence-electron chi connectivity index (χ0n) is 10.8. The smallest absolute Gasteiger partial charge is 0.245 e. The summed E-state index contributed by atoms with van der Waals surface area (Å²) in [5, 5.41) is 11.9. The standard InChI is InChI=1S/C12H20N2O3S/c1-3-8-14(9-10-15)18(16,17)12-7-5-4-6-11(12)13-2/h4-7,13,15H,3,8-10H2,1-2H3. The number of rotatable bonds is 7. The first-order valence-electron chi connectivity index (χ1n) is 5.95. The van der Waals surface area contributed by atoms with Gasteiger partial charge < -0.3 is 10.4 Å². The van der Waals surface area contributed by atoms with Gasteiger partial charge in [0, 0.05) is 20.1 Å². The second-order valence-electron chi connectivity index (χ2n) is 3.87. The highest BCUT2D eigenvalue weighted by Gasteiger charge is 2.25. The van der Waals surface area contributed by atoms with E-state index in [4.69, 9.17) is 5.11 Å². The first-order valence-corrected chi connectivity index (χ1v) is 7.39. The van der Waals surface area contributed by atoms with Crippen LogP contribution in [0.15, 0.2) is 29.2 Å². The molecule has 1 aromatic carbocycles. The summed E-state index contributed by atoms with van der Waals surface area (Å²) in [6.45, 7) is 2.25. The fourth-order valence-electron chi connectivity index (χ4n) is 1.75. The van der Waals surface area contributed by atoms with Crippen molar-refractivity contribution in [2.45, 2.75) is 18.2 Å². The summed E-state index contributed by atoms with van der Waals surface area (Å²) >= 11 is 0. The van der Waals surface area contributed by atoms with Gasteiger partial charge in [-0.3, -0.25) is 0 Å². The highest BCUT2D eigenvalue weighted by Crippen LogP contribution is 2.23. The molecular formula is C12H20N2O3S. The number of aliphatic hydroxyl groups is 1. The quantitative estimate of drug-likeness (QED) is 0.780. The summed E-state index contributed by atoms with van der Waals surface area (Å²) < 4.78 is 26.2. The number of sulfonamides is 1. The molecule has 6 heteroatoms. The number of anilines is 1. The van der Waals surface area contributed by atoms with E-state index >= 15 is 0 Å². The molecule has 0 heterocycles. The van der Waals surface area contributed by atoms with Gasteiger partial charge in [0.05, 0.1) is 12.3 Å². The Morgan fingerprint density at radius 1 is 1.28 bits per heavy atom. The number of hydrogen-bond acceptors (Lipinski definition) is 4. The molecule has 0 bridgehead atoms. The zero-order valence-corrected chi connectivity index (χ0v) is 11.6. The van der Waals surface area contributed by atoms with Gasteiger partial charge in [0.2, 0.25) is 10.0 Å². The van der Waals surface area contributed by atoms with Crippen LogP contribution in [-0.2, 0) is 10.0 Å². The Bertz CT molecular complexity index is 468. The molecule has 1 aromatic rings. The molecule has 18 heavy (non-hydrogen) atoms. The Balaban J connectivity index is 3.17. The first-order chi connectivity index (χ1) is 8.57. The van der Waals surface area contributed by atoms with Crippen LogP contribution in [0.25, 0.3) is 0 Å². The monoisotopic (exact) mass is 272 g/mol. The highest BCUT2D eigenvalue weighted by molar-refractivity contribution is 7.89. The van der Waals surface area contributed by atoms with Crippen molar-refractivity contribution in [2.24, 2.45) is 0 Å². The van der Waals surface area contributed by atoms with Crippen LogP contribution in [0.3, 0.4) is 0 Å². The molecule has 0 aliphatic heterocycles. The summed E-state index contributed by atoms with van der Waals surface area (Å²) in [4.78, 5) is 0.245. The van der Waals surface area contributed by atoms with Gasteiger partial charge in [0.25, 0.3) is 0 Å². The molecule has 0 radical (unpaired) electrons. The molecule has 0 saturated carbocycles. The molecule has 0 unspecified atom stereocenters. The predicted molar refractivity (Wildman–Crippen MR) is 72.1 cm³/mol. The second-order valence-corrected chi connectivity index (χ2v) is 5.78. The predicted octanol–water partition coefficient (Wildman–Crippen LogP) is 1.12. The average Bonchev–Trinajstić information content (AvgIpc) is 2.38. The van der Waals surface area contributed by atoms with E-state index in [2.05, 4.69) is 5.32 Å². The Labute approximate surface area is 108 Å². The lowest BCUT2D eigenvalue weighted by Crippen LogP contribution is -2.34. The van der Waals surface area contributed by atoms with E-state index in [1.54, 1.807) is 31.3 Å². The molecule has 0 aromatic heterocycles. The zero-order chi connectivity index (χ0) is 13.6. The lowest BCUT2D eigenvalue weighted by molar-refractivity contribution is 0.253. The topological polar surface area (TPSA) is 69.6 Å². The van der Waals surface area contributed by atoms with E-state index in [-0.39, 0.29) is 18.0 Å². The van der Waals surface area contributed by atoms with Gasteiger partial charge in [-0.1, -0.05) is 19.1 Å². The Morgan fingerprint density at radius 3 is 2.50 bits per heavy atom. The average molecular weight is 272 g/mol. The Morgan fingerprint density at radius 2 is 1.94 bits per heavy atom. The molecule has 102 valence electrons. The van der Waals surface area contributed by atoms with Crippen LogP contribution in [-0.4, -0.2) is 44.6 Å². The third-order valence-electron chi connectivity index (χ3n) is 2.60. The van der Waals surface area contributed by atoms with E-state index in [0.29, 0.717) is 18.7 Å². The molecule has 0 aliphatic carbocycles. The second kappa shape index (κ2) is 6.72. The van der Waals surface area contributed by atoms with Crippen LogP contribution in [0.2, 0.25) is 0 Å². The number of benzene rings is 1. The minimum absolute atomic E-state index is 0.119. The largest absolute Gasteiger partial charge is 0.395 e. The van der Waals surface area contributed by atoms with Crippen LogP contribution in [0.5, 0.6) is 0 Å². The highest BCUT2D eigenvalue weighted by atomic mass is 32.2. The molecule has 5 nitrogen and oxygen atoms in total. The van der Waals surface area contributed by atoms with Gasteiger partial charge in [0.15, 0.2) is 0 Å². The van der Waals surface area contributed by atoms with E-state index in [1.165, 1.54) is 4.31 Å². The summed E-state index contributed by atoms with van der Waals surface area (Å²) in [5.74, 6) is 0. The van der Waals surface area contributed by atoms with Crippen LogP contribution in [0, 0.1) is 0 Å². The van der Waals surface area contributed by atoms with Crippen molar-refractivity contribution in [3.63, 3.8) is 0 Å². The van der Waals surface area contributed by atoms with Crippen LogP contribution < -0.4 is 5.32 Å². The van der Waals surface area contributed by atoms with Gasteiger partial charge in [-0.25, -0.2) is 8.42 Å². The molecule has 1 rings (SSSR count). The third kappa shape index (κ3) is 3.22. The lowest BCUT2D eigenvalue weighted by Gasteiger charge is -2.22. The maximum absolute atomic E-state index is 12.5. The number of aliphatic hydroxyl groups excluding tert-OH is 1. The number of para-hydroxylation sites is 1. The molecule has 0 aliphatic rings. The lowest BCUT2D eigenvalue weighted by atomic mass is 10.3. The normalized spacial score (nSPS) is 11.8. The van der Waals surface area contributed by atoms with Crippen molar-refractivity contribution in [1.82, 2.24) is 4.31 Å². The van der Waals surface area contributed by atoms with Gasteiger partial charge >= 0.3 is 0 Å². The van der Waals surface area contributed by atoms with E-state index in [0.717, 1.165) is 0 Å². The Hall–Kier alpha value is -1.11. The molecule has 0 saturated heterocycles. The van der Waals surface area contributed by atoms with E-state index in [1.807, 2.05) is 6.92 Å². The van der Waals surface area contributed by atoms with Crippen molar-refractivity contribution >= 4 is 15.7 Å². The summed E-state index contributed by atoms with van der Waals surface area (Å²) in [6, 6.07) is 6.76. The first kappa shape index (κ1) is 14.9. The molecular weight excluding hydrogens is 252 g/mol.